The van der Waals surface area contributed by atoms with Crippen LogP contribution in [0.1, 0.15) is 0 Å². The summed E-state index contributed by atoms with van der Waals surface area (Å²) in [6, 6.07) is 3.55. The van der Waals surface area contributed by atoms with Gasteiger partial charge >= 0.3 is 0 Å². The predicted molar refractivity (Wildman–Crippen MR) is 49.6 cm³/mol. The van der Waals surface area contributed by atoms with Gasteiger partial charge in [-0.15, -0.1) is 0 Å². The van der Waals surface area contributed by atoms with Gasteiger partial charge in [-0.2, -0.15) is 0 Å². The van der Waals surface area contributed by atoms with E-state index in [9.17, 15) is 8.78 Å². The topological polar surface area (TPSA) is 26.0 Å². The Morgan fingerprint density at radius 1 is 1.21 bits per heavy atom. The van der Waals surface area contributed by atoms with Crippen LogP contribution in [0.3, 0.4) is 0 Å². The van der Waals surface area contributed by atoms with E-state index in [4.69, 9.17) is 4.42 Å². The maximum atomic E-state index is 12.8. The minimum atomic E-state index is -0.901. The highest BCUT2D eigenvalue weighted by atomic mass is 79.9. The van der Waals surface area contributed by atoms with Gasteiger partial charge in [-0.3, -0.25) is 0 Å². The Labute approximate surface area is 86.7 Å². The van der Waals surface area contributed by atoms with Gasteiger partial charge < -0.3 is 4.42 Å². The normalized spacial score (nSPS) is 10.5. The Kier molecular flexibility index (Phi) is 2.33. The van der Waals surface area contributed by atoms with E-state index in [1.54, 1.807) is 0 Å². The van der Waals surface area contributed by atoms with Crippen molar-refractivity contribution in [2.24, 2.45) is 0 Å². The first-order valence-electron chi connectivity index (χ1n) is 3.73. The summed E-state index contributed by atoms with van der Waals surface area (Å²) in [5.41, 5.74) is 0.925. The van der Waals surface area contributed by atoms with E-state index in [2.05, 4.69) is 20.9 Å². The molecule has 2 nitrogen and oxygen atoms in total. The number of nitrogens with zero attached hydrogens (tertiary/aromatic N) is 1. The number of oxazole rings is 1. The lowest BCUT2D eigenvalue weighted by Gasteiger charge is -1.96. The summed E-state index contributed by atoms with van der Waals surface area (Å²) in [5.74, 6) is -1.78. The van der Waals surface area contributed by atoms with E-state index in [-0.39, 0.29) is 0 Å². The van der Waals surface area contributed by atoms with Crippen molar-refractivity contribution in [3.05, 3.63) is 40.9 Å². The molecule has 0 spiro atoms. The monoisotopic (exact) mass is 259 g/mol. The van der Waals surface area contributed by atoms with Crippen molar-refractivity contribution in [1.82, 2.24) is 4.98 Å². The van der Waals surface area contributed by atoms with Crippen molar-refractivity contribution in [2.45, 2.75) is 0 Å². The minimum absolute atomic E-state index is 0.303. The molecule has 0 aliphatic heterocycles. The second kappa shape index (κ2) is 3.49. The molecule has 0 saturated carbocycles. The quantitative estimate of drug-likeness (QED) is 0.785. The van der Waals surface area contributed by atoms with Gasteiger partial charge in [-0.05, 0) is 18.2 Å². The van der Waals surface area contributed by atoms with Crippen LogP contribution in [-0.4, -0.2) is 4.98 Å². The number of hydrogen-bond donors (Lipinski definition) is 0. The lowest BCUT2D eigenvalue weighted by molar-refractivity contribution is 0.509. The molecule has 0 N–H and O–H groups in total. The molecular formula is C9H4BrF2NO. The number of halogens is 3. The molecule has 72 valence electrons. The van der Waals surface area contributed by atoms with E-state index < -0.39 is 11.6 Å². The van der Waals surface area contributed by atoms with Crippen molar-refractivity contribution in [3.8, 4) is 11.3 Å². The summed E-state index contributed by atoms with van der Waals surface area (Å²) < 4.78 is 30.3. The fourth-order valence-electron chi connectivity index (χ4n) is 1.04. The van der Waals surface area contributed by atoms with E-state index in [0.717, 1.165) is 12.1 Å². The van der Waals surface area contributed by atoms with E-state index >= 15 is 0 Å². The molecule has 0 unspecified atom stereocenters. The number of benzene rings is 1. The average Bonchev–Trinajstić information content (AvgIpc) is 2.57. The molecule has 1 aromatic heterocycles. The zero-order valence-corrected chi connectivity index (χ0v) is 8.38. The van der Waals surface area contributed by atoms with Crippen LogP contribution in [0.5, 0.6) is 0 Å². The molecule has 0 amide bonds. The molecule has 0 saturated heterocycles. The predicted octanol–water partition coefficient (Wildman–Crippen LogP) is 3.38. The average molecular weight is 260 g/mol. The van der Waals surface area contributed by atoms with Gasteiger partial charge in [0.05, 0.1) is 0 Å². The fraction of sp³-hybridized carbons (Fsp3) is 0. The lowest BCUT2D eigenvalue weighted by Crippen LogP contribution is -1.85. The third-order valence-corrected chi connectivity index (χ3v) is 2.06. The van der Waals surface area contributed by atoms with Gasteiger partial charge in [0.15, 0.2) is 11.6 Å². The molecule has 2 rings (SSSR count). The minimum Gasteiger partial charge on any atom is -0.439 e. The van der Waals surface area contributed by atoms with Crippen LogP contribution in [0.15, 0.2) is 33.7 Å². The summed E-state index contributed by atoms with van der Waals surface area (Å²) in [6.45, 7) is 0. The molecule has 0 fully saturated rings. The summed E-state index contributed by atoms with van der Waals surface area (Å²) in [5, 5.41) is 0. The Morgan fingerprint density at radius 3 is 2.57 bits per heavy atom. The van der Waals surface area contributed by atoms with Crippen molar-refractivity contribution in [2.75, 3.05) is 0 Å². The number of hydrogen-bond acceptors (Lipinski definition) is 2. The first kappa shape index (κ1) is 9.33. The zero-order valence-electron chi connectivity index (χ0n) is 6.80. The van der Waals surface area contributed by atoms with Gasteiger partial charge in [0.1, 0.15) is 12.0 Å². The Hall–Kier alpha value is -1.23. The lowest BCUT2D eigenvalue weighted by atomic mass is 10.2. The van der Waals surface area contributed by atoms with Crippen molar-refractivity contribution in [1.29, 1.82) is 0 Å². The SMILES string of the molecule is Fc1ccc(-c2coc(Br)n2)cc1F. The van der Waals surface area contributed by atoms with Crippen molar-refractivity contribution in [3.63, 3.8) is 0 Å². The molecule has 1 heterocycles. The molecule has 1 aromatic carbocycles. The van der Waals surface area contributed by atoms with Crippen molar-refractivity contribution >= 4 is 15.9 Å². The molecule has 0 aliphatic carbocycles. The highest BCUT2D eigenvalue weighted by Crippen LogP contribution is 2.22. The van der Waals surface area contributed by atoms with Crippen LogP contribution >= 0.6 is 15.9 Å². The van der Waals surface area contributed by atoms with E-state index in [0.29, 0.717) is 16.1 Å². The zero-order chi connectivity index (χ0) is 10.1. The van der Waals surface area contributed by atoms with E-state index in [1.165, 1.54) is 12.3 Å². The van der Waals surface area contributed by atoms with Gasteiger partial charge in [0.25, 0.3) is 4.80 Å². The Balaban J connectivity index is 2.47. The fourth-order valence-corrected chi connectivity index (χ4v) is 1.32. The number of rotatable bonds is 1. The molecule has 0 radical (unpaired) electrons. The summed E-state index contributed by atoms with van der Waals surface area (Å²) >= 11 is 3.02. The molecule has 0 atom stereocenters. The first-order chi connectivity index (χ1) is 6.66. The first-order valence-corrected chi connectivity index (χ1v) is 4.52. The second-order valence-electron chi connectivity index (χ2n) is 2.61. The van der Waals surface area contributed by atoms with Gasteiger partial charge in [0, 0.05) is 21.5 Å². The van der Waals surface area contributed by atoms with Crippen LogP contribution in [-0.2, 0) is 0 Å². The number of aromatic nitrogens is 1. The van der Waals surface area contributed by atoms with E-state index in [1.807, 2.05) is 0 Å². The standard InChI is InChI=1S/C9H4BrF2NO/c10-9-13-8(4-14-9)5-1-2-6(11)7(12)3-5/h1-4H. The largest absolute Gasteiger partial charge is 0.439 e. The molecule has 2 aromatic rings. The van der Waals surface area contributed by atoms with Gasteiger partial charge in [0.2, 0.25) is 0 Å². The summed E-state index contributed by atoms with van der Waals surface area (Å²) in [6.07, 6.45) is 1.36. The molecule has 14 heavy (non-hydrogen) atoms. The highest BCUT2D eigenvalue weighted by molar-refractivity contribution is 9.10. The molecule has 0 bridgehead atoms. The Bertz CT molecular complexity index is 470. The maximum absolute atomic E-state index is 12.8. The molecule has 0 aliphatic rings. The van der Waals surface area contributed by atoms with Crippen LogP contribution in [0.2, 0.25) is 0 Å². The third-order valence-electron chi connectivity index (χ3n) is 1.69. The smallest absolute Gasteiger partial charge is 0.264 e. The summed E-state index contributed by atoms with van der Waals surface area (Å²) in [7, 11) is 0. The van der Waals surface area contributed by atoms with Crippen LogP contribution in [0, 0.1) is 11.6 Å². The van der Waals surface area contributed by atoms with Crippen LogP contribution < -0.4 is 0 Å². The maximum Gasteiger partial charge on any atom is 0.264 e. The molecular weight excluding hydrogens is 256 g/mol. The Morgan fingerprint density at radius 2 is 2.00 bits per heavy atom. The van der Waals surface area contributed by atoms with Crippen LogP contribution in [0.25, 0.3) is 11.3 Å². The molecule has 5 heteroatoms. The second-order valence-corrected chi connectivity index (χ2v) is 3.29. The summed E-state index contributed by atoms with van der Waals surface area (Å²) in [4.78, 5) is 4.22. The van der Waals surface area contributed by atoms with Gasteiger partial charge in [-0.25, -0.2) is 13.8 Å². The third kappa shape index (κ3) is 1.68. The highest BCUT2D eigenvalue weighted by Gasteiger charge is 2.07. The van der Waals surface area contributed by atoms with Crippen LogP contribution in [0.4, 0.5) is 8.78 Å². The van der Waals surface area contributed by atoms with Gasteiger partial charge in [-0.1, -0.05) is 0 Å². The van der Waals surface area contributed by atoms with Crippen molar-refractivity contribution < 1.29 is 13.2 Å².